The van der Waals surface area contributed by atoms with Crippen molar-refractivity contribution in [2.24, 2.45) is 0 Å². The summed E-state index contributed by atoms with van der Waals surface area (Å²) in [6.07, 6.45) is 1.69. The van der Waals surface area contributed by atoms with Crippen molar-refractivity contribution >= 4 is 17.3 Å². The van der Waals surface area contributed by atoms with Crippen molar-refractivity contribution in [3.05, 3.63) is 54.2 Å². The Bertz CT molecular complexity index is 1130. The van der Waals surface area contributed by atoms with E-state index < -0.39 is 0 Å². The van der Waals surface area contributed by atoms with Crippen LogP contribution in [-0.4, -0.2) is 40.9 Å². The lowest BCUT2D eigenvalue weighted by Gasteiger charge is -2.14. The fourth-order valence-electron chi connectivity index (χ4n) is 3.04. The molecule has 8 heteroatoms. The summed E-state index contributed by atoms with van der Waals surface area (Å²) in [5, 5.41) is 7.80. The maximum atomic E-state index is 5.46. The van der Waals surface area contributed by atoms with Gasteiger partial charge in [-0.2, -0.15) is 9.50 Å². The number of methoxy groups -OCH3 is 3. The molecule has 0 unspecified atom stereocenters. The predicted octanol–water partition coefficient (Wildman–Crippen LogP) is 3.87. The summed E-state index contributed by atoms with van der Waals surface area (Å²) >= 11 is 0. The van der Waals surface area contributed by atoms with Gasteiger partial charge in [0.2, 0.25) is 11.7 Å². The number of ether oxygens (including phenoxy) is 3. The first kappa shape index (κ1) is 18.5. The molecule has 0 aliphatic rings. The molecule has 0 bridgehead atoms. The third-order valence-corrected chi connectivity index (χ3v) is 4.48. The first-order valence-electron chi connectivity index (χ1n) is 8.99. The van der Waals surface area contributed by atoms with Gasteiger partial charge in [-0.05, 0) is 31.2 Å². The predicted molar refractivity (Wildman–Crippen MR) is 110 cm³/mol. The number of hydrogen-bond acceptors (Lipinski definition) is 7. The first-order chi connectivity index (χ1) is 14.1. The molecular weight excluding hydrogens is 370 g/mol. The van der Waals surface area contributed by atoms with Crippen LogP contribution in [0, 0.1) is 6.92 Å². The number of hydrogen-bond donors (Lipinski definition) is 1. The lowest BCUT2D eigenvalue weighted by Crippen LogP contribution is -2.00. The number of aryl methyl sites for hydroxylation is 1. The fraction of sp³-hybridized carbons (Fsp3) is 0.190. The Morgan fingerprint density at radius 2 is 1.59 bits per heavy atom. The van der Waals surface area contributed by atoms with E-state index in [9.17, 15) is 0 Å². The minimum absolute atomic E-state index is 0.482. The van der Waals surface area contributed by atoms with E-state index in [1.807, 2.05) is 43.3 Å². The zero-order valence-electron chi connectivity index (χ0n) is 16.6. The summed E-state index contributed by atoms with van der Waals surface area (Å²) in [6.45, 7) is 2.04. The molecule has 0 radical (unpaired) electrons. The molecule has 0 saturated heterocycles. The number of rotatable bonds is 6. The van der Waals surface area contributed by atoms with Gasteiger partial charge in [0, 0.05) is 23.5 Å². The third-order valence-electron chi connectivity index (χ3n) is 4.48. The van der Waals surface area contributed by atoms with Crippen molar-refractivity contribution in [2.45, 2.75) is 6.92 Å². The van der Waals surface area contributed by atoms with Gasteiger partial charge in [-0.25, -0.2) is 4.98 Å². The molecule has 2 heterocycles. The second-order valence-electron chi connectivity index (χ2n) is 6.38. The maximum Gasteiger partial charge on any atom is 0.247 e. The van der Waals surface area contributed by atoms with Crippen molar-refractivity contribution in [1.82, 2.24) is 19.6 Å². The molecule has 0 amide bonds. The number of nitrogens with zero attached hydrogens (tertiary/aromatic N) is 4. The van der Waals surface area contributed by atoms with Crippen LogP contribution in [0.2, 0.25) is 0 Å². The van der Waals surface area contributed by atoms with E-state index in [2.05, 4.69) is 20.4 Å². The van der Waals surface area contributed by atoms with Crippen LogP contribution in [0.4, 0.5) is 11.6 Å². The Morgan fingerprint density at radius 1 is 0.897 bits per heavy atom. The topological polar surface area (TPSA) is 82.8 Å². The highest BCUT2D eigenvalue weighted by Gasteiger charge is 2.17. The van der Waals surface area contributed by atoms with Gasteiger partial charge >= 0.3 is 0 Å². The monoisotopic (exact) mass is 391 g/mol. The Kier molecular flexibility index (Phi) is 4.90. The number of aromatic nitrogens is 4. The number of fused-ring (bicyclic) bond motifs is 1. The lowest BCUT2D eigenvalue weighted by molar-refractivity contribution is 0.324. The highest BCUT2D eigenvalue weighted by Crippen LogP contribution is 2.40. The molecule has 29 heavy (non-hydrogen) atoms. The fourth-order valence-corrected chi connectivity index (χ4v) is 3.04. The molecule has 2 aromatic carbocycles. The van der Waals surface area contributed by atoms with Crippen molar-refractivity contribution in [3.8, 4) is 28.6 Å². The van der Waals surface area contributed by atoms with Gasteiger partial charge in [0.05, 0.1) is 21.3 Å². The van der Waals surface area contributed by atoms with Gasteiger partial charge in [-0.15, -0.1) is 5.10 Å². The van der Waals surface area contributed by atoms with Gasteiger partial charge in [-0.3, -0.25) is 0 Å². The summed E-state index contributed by atoms with van der Waals surface area (Å²) in [6, 6.07) is 13.5. The molecule has 2 aromatic heterocycles. The van der Waals surface area contributed by atoms with Crippen LogP contribution in [0.15, 0.2) is 48.7 Å². The normalized spacial score (nSPS) is 10.8. The molecule has 1 N–H and O–H groups in total. The van der Waals surface area contributed by atoms with E-state index in [0.717, 1.165) is 11.3 Å². The minimum atomic E-state index is 0.482. The molecule has 4 rings (SSSR count). The third kappa shape index (κ3) is 3.52. The second-order valence-corrected chi connectivity index (χ2v) is 6.38. The Balaban J connectivity index is 1.78. The summed E-state index contributed by atoms with van der Waals surface area (Å²) in [4.78, 5) is 9.05. The van der Waals surface area contributed by atoms with Crippen molar-refractivity contribution < 1.29 is 14.2 Å². The average Bonchev–Trinajstić information content (AvgIpc) is 3.16. The van der Waals surface area contributed by atoms with E-state index in [4.69, 9.17) is 14.2 Å². The molecule has 0 atom stereocenters. The summed E-state index contributed by atoms with van der Waals surface area (Å²) in [7, 11) is 4.72. The highest BCUT2D eigenvalue weighted by atomic mass is 16.5. The molecule has 0 spiro atoms. The largest absolute Gasteiger partial charge is 0.493 e. The smallest absolute Gasteiger partial charge is 0.247 e. The van der Waals surface area contributed by atoms with Crippen molar-refractivity contribution in [2.75, 3.05) is 26.6 Å². The molecule has 8 nitrogen and oxygen atoms in total. The molecule has 0 aliphatic carbocycles. The van der Waals surface area contributed by atoms with Gasteiger partial charge in [0.1, 0.15) is 0 Å². The van der Waals surface area contributed by atoms with Gasteiger partial charge in [0.15, 0.2) is 23.0 Å². The highest BCUT2D eigenvalue weighted by molar-refractivity contribution is 5.68. The van der Waals surface area contributed by atoms with E-state index in [1.165, 1.54) is 5.56 Å². The molecule has 0 fully saturated rings. The first-order valence-corrected chi connectivity index (χ1v) is 8.99. The van der Waals surface area contributed by atoms with E-state index in [0.29, 0.717) is 34.7 Å². The van der Waals surface area contributed by atoms with Crippen molar-refractivity contribution in [1.29, 1.82) is 0 Å². The van der Waals surface area contributed by atoms with Crippen LogP contribution in [0.3, 0.4) is 0 Å². The number of nitrogens with one attached hydrogen (secondary N) is 1. The second kappa shape index (κ2) is 7.67. The molecule has 4 aromatic rings. The van der Waals surface area contributed by atoms with Crippen LogP contribution >= 0.6 is 0 Å². The quantitative estimate of drug-likeness (QED) is 0.534. The van der Waals surface area contributed by atoms with Crippen molar-refractivity contribution in [3.63, 3.8) is 0 Å². The summed E-state index contributed by atoms with van der Waals surface area (Å²) < 4.78 is 18.0. The lowest BCUT2D eigenvalue weighted by atomic mass is 10.1. The van der Waals surface area contributed by atoms with Gasteiger partial charge < -0.3 is 19.5 Å². The summed E-state index contributed by atoms with van der Waals surface area (Å²) in [5.41, 5.74) is 3.52. The van der Waals surface area contributed by atoms with Gasteiger partial charge in [-0.1, -0.05) is 17.7 Å². The molecule has 148 valence electrons. The van der Waals surface area contributed by atoms with Crippen LogP contribution in [0.5, 0.6) is 17.2 Å². The Labute approximate surface area is 168 Å². The zero-order valence-corrected chi connectivity index (χ0v) is 16.6. The summed E-state index contributed by atoms with van der Waals surface area (Å²) in [5.74, 6) is 2.69. The number of benzene rings is 2. The van der Waals surface area contributed by atoms with Gasteiger partial charge in [0.25, 0.3) is 0 Å². The minimum Gasteiger partial charge on any atom is -0.493 e. The van der Waals surface area contributed by atoms with E-state index in [-0.39, 0.29) is 0 Å². The van der Waals surface area contributed by atoms with Crippen LogP contribution in [-0.2, 0) is 0 Å². The molecule has 0 saturated carbocycles. The van der Waals surface area contributed by atoms with Crippen LogP contribution in [0.25, 0.3) is 17.0 Å². The van der Waals surface area contributed by atoms with E-state index >= 15 is 0 Å². The van der Waals surface area contributed by atoms with Crippen LogP contribution in [0.1, 0.15) is 5.56 Å². The standard InChI is InChI=1S/C21H21N5O3/c1-13-5-7-15(8-6-13)23-21-24-18-9-10-22-20(26(18)25-21)14-11-16(27-2)19(29-4)17(12-14)28-3/h5-12H,1-4H3,(H,23,25). The Morgan fingerprint density at radius 3 is 2.21 bits per heavy atom. The number of anilines is 2. The van der Waals surface area contributed by atoms with Crippen LogP contribution < -0.4 is 19.5 Å². The average molecular weight is 391 g/mol. The SMILES string of the molecule is COc1cc(-c2nccc3nc(Nc4ccc(C)cc4)nn23)cc(OC)c1OC. The maximum absolute atomic E-state index is 5.46. The van der Waals surface area contributed by atoms with E-state index in [1.54, 1.807) is 38.1 Å². The molecular formula is C21H21N5O3. The Hall–Kier alpha value is -3.81. The molecule has 0 aliphatic heterocycles. The zero-order chi connectivity index (χ0) is 20.4.